The van der Waals surface area contributed by atoms with Crippen molar-refractivity contribution >= 4 is 11.0 Å². The maximum absolute atomic E-state index is 5.02. The summed E-state index contributed by atoms with van der Waals surface area (Å²) in [6.07, 6.45) is 3.27. The average Bonchev–Trinajstić information content (AvgIpc) is 2.81. The number of aryl methyl sites for hydroxylation is 2. The molecule has 2 rings (SSSR count). The molecule has 4 heteroatoms. The number of nitrogens with one attached hydrogen (secondary N) is 1. The summed E-state index contributed by atoms with van der Waals surface area (Å²) in [4.78, 5) is 4.78. The molecular weight excluding hydrogens is 250 g/mol. The summed E-state index contributed by atoms with van der Waals surface area (Å²) in [5.74, 6) is 1.21. The minimum absolute atomic E-state index is 0.772. The molecule has 0 bridgehead atoms. The Labute approximate surface area is 121 Å². The van der Waals surface area contributed by atoms with Crippen LogP contribution in [-0.4, -0.2) is 36.4 Å². The van der Waals surface area contributed by atoms with Crippen LogP contribution in [0, 0.1) is 0 Å². The van der Waals surface area contributed by atoms with Gasteiger partial charge in [-0.1, -0.05) is 19.1 Å². The number of nitrogens with zero attached hydrogens (tertiary/aromatic N) is 2. The molecule has 0 saturated heterocycles. The second-order valence-corrected chi connectivity index (χ2v) is 5.01. The minimum Gasteiger partial charge on any atom is -0.383 e. The number of hydrogen-bond donors (Lipinski definition) is 1. The quantitative estimate of drug-likeness (QED) is 0.715. The van der Waals surface area contributed by atoms with Crippen molar-refractivity contribution < 1.29 is 4.74 Å². The molecule has 0 amide bonds. The van der Waals surface area contributed by atoms with Gasteiger partial charge < -0.3 is 14.6 Å². The fourth-order valence-corrected chi connectivity index (χ4v) is 2.46. The predicted octanol–water partition coefficient (Wildman–Crippen LogP) is 2.61. The van der Waals surface area contributed by atoms with E-state index in [2.05, 4.69) is 41.1 Å². The normalized spacial score (nSPS) is 11.3. The van der Waals surface area contributed by atoms with Crippen LogP contribution in [0.1, 0.15) is 25.6 Å². The number of imidazole rings is 1. The van der Waals surface area contributed by atoms with Crippen LogP contribution in [0.15, 0.2) is 24.3 Å². The van der Waals surface area contributed by atoms with Gasteiger partial charge in [-0.3, -0.25) is 0 Å². The second-order valence-electron chi connectivity index (χ2n) is 5.01. The second kappa shape index (κ2) is 8.02. The summed E-state index contributed by atoms with van der Waals surface area (Å²) in [5.41, 5.74) is 2.37. The first-order valence-electron chi connectivity index (χ1n) is 7.50. The van der Waals surface area contributed by atoms with Crippen molar-refractivity contribution in [3.63, 3.8) is 0 Å². The van der Waals surface area contributed by atoms with E-state index in [1.165, 1.54) is 11.3 Å². The molecular formula is C16H25N3O. The zero-order valence-electron chi connectivity index (χ0n) is 12.6. The van der Waals surface area contributed by atoms with E-state index in [0.29, 0.717) is 0 Å². The number of hydrogen-bond acceptors (Lipinski definition) is 3. The van der Waals surface area contributed by atoms with Gasteiger partial charge in [0.05, 0.1) is 17.6 Å². The van der Waals surface area contributed by atoms with E-state index in [4.69, 9.17) is 9.72 Å². The number of ether oxygens (including phenoxy) is 1. The lowest BCUT2D eigenvalue weighted by molar-refractivity contribution is 0.199. The van der Waals surface area contributed by atoms with Crippen molar-refractivity contribution in [3.8, 4) is 0 Å². The third kappa shape index (κ3) is 3.81. The standard InChI is InChI=1S/C16H25N3O/c1-3-12-19-15-8-5-4-7-14(15)18-16(19)9-6-10-17-11-13-20-2/h4-5,7-8,17H,3,6,9-13H2,1-2H3. The summed E-state index contributed by atoms with van der Waals surface area (Å²) in [7, 11) is 1.73. The molecule has 0 aliphatic carbocycles. The maximum Gasteiger partial charge on any atom is 0.109 e. The largest absolute Gasteiger partial charge is 0.383 e. The lowest BCUT2D eigenvalue weighted by Gasteiger charge is -2.08. The van der Waals surface area contributed by atoms with E-state index in [1.54, 1.807) is 7.11 Å². The van der Waals surface area contributed by atoms with E-state index in [-0.39, 0.29) is 0 Å². The number of rotatable bonds is 9. The Kier molecular flexibility index (Phi) is 6.02. The zero-order valence-corrected chi connectivity index (χ0v) is 12.6. The number of para-hydroxylation sites is 2. The molecule has 1 aromatic heterocycles. The molecule has 0 spiro atoms. The monoisotopic (exact) mass is 275 g/mol. The third-order valence-electron chi connectivity index (χ3n) is 3.42. The summed E-state index contributed by atoms with van der Waals surface area (Å²) >= 11 is 0. The molecule has 1 N–H and O–H groups in total. The van der Waals surface area contributed by atoms with Gasteiger partial charge in [-0.25, -0.2) is 4.98 Å². The van der Waals surface area contributed by atoms with Gasteiger partial charge in [-0.15, -0.1) is 0 Å². The van der Waals surface area contributed by atoms with E-state index in [1.807, 2.05) is 0 Å². The molecule has 1 heterocycles. The Morgan fingerprint density at radius 3 is 2.90 bits per heavy atom. The molecule has 0 saturated carbocycles. The first kappa shape index (κ1) is 15.0. The van der Waals surface area contributed by atoms with Crippen LogP contribution in [0.5, 0.6) is 0 Å². The molecule has 110 valence electrons. The number of benzene rings is 1. The van der Waals surface area contributed by atoms with E-state index in [9.17, 15) is 0 Å². The molecule has 20 heavy (non-hydrogen) atoms. The average molecular weight is 275 g/mol. The van der Waals surface area contributed by atoms with Gasteiger partial charge in [0.1, 0.15) is 5.82 Å². The van der Waals surface area contributed by atoms with Gasteiger partial charge in [-0.2, -0.15) is 0 Å². The van der Waals surface area contributed by atoms with Crippen LogP contribution in [0.2, 0.25) is 0 Å². The van der Waals surface area contributed by atoms with Crippen molar-refractivity contribution in [1.82, 2.24) is 14.9 Å². The Hall–Kier alpha value is -1.39. The lowest BCUT2D eigenvalue weighted by atomic mass is 10.3. The fourth-order valence-electron chi connectivity index (χ4n) is 2.46. The highest BCUT2D eigenvalue weighted by atomic mass is 16.5. The van der Waals surface area contributed by atoms with Gasteiger partial charge in [0.2, 0.25) is 0 Å². The maximum atomic E-state index is 5.02. The summed E-state index contributed by atoms with van der Waals surface area (Å²) in [6, 6.07) is 8.41. The smallest absolute Gasteiger partial charge is 0.109 e. The molecule has 0 aliphatic rings. The Bertz CT molecular complexity index is 521. The SMILES string of the molecule is CCCn1c(CCCNCCOC)nc2ccccc21. The molecule has 0 unspecified atom stereocenters. The number of aromatic nitrogens is 2. The van der Waals surface area contributed by atoms with Crippen molar-refractivity contribution in [2.45, 2.75) is 32.7 Å². The number of methoxy groups -OCH3 is 1. The molecule has 2 aromatic rings. The number of fused-ring (bicyclic) bond motifs is 1. The minimum atomic E-state index is 0.772. The van der Waals surface area contributed by atoms with Crippen LogP contribution >= 0.6 is 0 Å². The van der Waals surface area contributed by atoms with Crippen molar-refractivity contribution in [2.75, 3.05) is 26.8 Å². The van der Waals surface area contributed by atoms with E-state index < -0.39 is 0 Å². The molecule has 0 fully saturated rings. The van der Waals surface area contributed by atoms with Crippen molar-refractivity contribution in [1.29, 1.82) is 0 Å². The highest BCUT2D eigenvalue weighted by molar-refractivity contribution is 5.75. The summed E-state index contributed by atoms with van der Waals surface area (Å²) < 4.78 is 7.38. The molecule has 0 radical (unpaired) electrons. The van der Waals surface area contributed by atoms with Crippen LogP contribution in [-0.2, 0) is 17.7 Å². The van der Waals surface area contributed by atoms with Crippen LogP contribution in [0.25, 0.3) is 11.0 Å². The van der Waals surface area contributed by atoms with E-state index >= 15 is 0 Å². The molecule has 4 nitrogen and oxygen atoms in total. The summed E-state index contributed by atoms with van der Waals surface area (Å²) in [6.45, 7) is 5.97. The first-order valence-corrected chi connectivity index (χ1v) is 7.50. The van der Waals surface area contributed by atoms with Gasteiger partial charge >= 0.3 is 0 Å². The summed E-state index contributed by atoms with van der Waals surface area (Å²) in [5, 5.41) is 3.38. The van der Waals surface area contributed by atoms with Crippen molar-refractivity contribution in [3.05, 3.63) is 30.1 Å². The highest BCUT2D eigenvalue weighted by Crippen LogP contribution is 2.17. The Morgan fingerprint density at radius 1 is 1.25 bits per heavy atom. The molecule has 1 aromatic carbocycles. The first-order chi connectivity index (χ1) is 9.86. The van der Waals surface area contributed by atoms with Gasteiger partial charge in [-0.05, 0) is 31.5 Å². The molecule has 0 atom stereocenters. The van der Waals surface area contributed by atoms with Crippen molar-refractivity contribution in [2.24, 2.45) is 0 Å². The third-order valence-corrected chi connectivity index (χ3v) is 3.42. The zero-order chi connectivity index (χ0) is 14.2. The molecule has 0 aliphatic heterocycles. The fraction of sp³-hybridized carbons (Fsp3) is 0.562. The predicted molar refractivity (Wildman–Crippen MR) is 83.1 cm³/mol. The van der Waals surface area contributed by atoms with Crippen LogP contribution in [0.3, 0.4) is 0 Å². The van der Waals surface area contributed by atoms with Crippen LogP contribution in [0.4, 0.5) is 0 Å². The van der Waals surface area contributed by atoms with Gasteiger partial charge in [0, 0.05) is 26.6 Å². The van der Waals surface area contributed by atoms with Crippen LogP contribution < -0.4 is 5.32 Å². The van der Waals surface area contributed by atoms with E-state index in [0.717, 1.165) is 51.0 Å². The Morgan fingerprint density at radius 2 is 2.10 bits per heavy atom. The van der Waals surface area contributed by atoms with Gasteiger partial charge in [0.15, 0.2) is 0 Å². The topological polar surface area (TPSA) is 39.1 Å². The highest BCUT2D eigenvalue weighted by Gasteiger charge is 2.08. The Balaban J connectivity index is 1.96. The lowest BCUT2D eigenvalue weighted by Crippen LogP contribution is -2.21. The van der Waals surface area contributed by atoms with Gasteiger partial charge in [0.25, 0.3) is 0 Å².